The summed E-state index contributed by atoms with van der Waals surface area (Å²) in [7, 11) is -2.61. The van der Waals surface area contributed by atoms with Gasteiger partial charge in [0, 0.05) is 6.54 Å². The van der Waals surface area contributed by atoms with Gasteiger partial charge in [-0.3, -0.25) is 4.79 Å². The second-order valence-corrected chi connectivity index (χ2v) is 12.2. The highest BCUT2D eigenvalue weighted by atomic mass is 28.4. The van der Waals surface area contributed by atoms with E-state index in [2.05, 4.69) is 74.6 Å². The van der Waals surface area contributed by atoms with Crippen LogP contribution in [-0.4, -0.2) is 38.1 Å². The van der Waals surface area contributed by atoms with Crippen molar-refractivity contribution in [2.24, 2.45) is 0 Å². The zero-order valence-electron chi connectivity index (χ0n) is 15.6. The molecule has 2 N–H and O–H groups in total. The highest BCUT2D eigenvalue weighted by Crippen LogP contribution is 2.38. The lowest BCUT2D eigenvalue weighted by atomic mass is 10.2. The fourth-order valence-corrected chi connectivity index (χ4v) is 8.62. The predicted molar refractivity (Wildman–Crippen MR) is 107 cm³/mol. The van der Waals surface area contributed by atoms with Gasteiger partial charge in [0.1, 0.15) is 6.04 Å². The van der Waals surface area contributed by atoms with Crippen LogP contribution in [0.25, 0.3) is 0 Å². The van der Waals surface area contributed by atoms with Crippen LogP contribution in [0.15, 0.2) is 60.7 Å². The van der Waals surface area contributed by atoms with Crippen LogP contribution < -0.4 is 15.7 Å². The van der Waals surface area contributed by atoms with E-state index in [4.69, 9.17) is 4.43 Å². The van der Waals surface area contributed by atoms with Crippen LogP contribution >= 0.6 is 0 Å². The summed E-state index contributed by atoms with van der Waals surface area (Å²) in [6, 6.07) is 20.4. The molecular weight excluding hydrogens is 342 g/mol. The van der Waals surface area contributed by atoms with Crippen molar-refractivity contribution >= 4 is 24.7 Å². The van der Waals surface area contributed by atoms with E-state index in [-0.39, 0.29) is 11.1 Å². The molecule has 2 aromatic carbocycles. The van der Waals surface area contributed by atoms with Gasteiger partial charge in [-0.1, -0.05) is 81.4 Å². The molecule has 0 aromatic heterocycles. The monoisotopic (exact) mass is 369 g/mol. The van der Waals surface area contributed by atoms with Crippen LogP contribution in [0.5, 0.6) is 0 Å². The maximum atomic E-state index is 11.3. The molecule has 2 aromatic rings. The number of benzene rings is 2. The van der Waals surface area contributed by atoms with E-state index >= 15 is 0 Å². The molecule has 1 saturated heterocycles. The Morgan fingerprint density at radius 3 is 1.92 bits per heavy atom. The summed E-state index contributed by atoms with van der Waals surface area (Å²) in [5.74, 6) is -0.807. The van der Waals surface area contributed by atoms with Gasteiger partial charge in [-0.2, -0.15) is 0 Å². The molecular formula is C21H27NO3Si. The SMILES string of the molecule is CC(C)(C)[Si](O[C@@H]1CN[C@@H](C(=O)O)C1)(c1ccccc1)c1ccccc1. The van der Waals surface area contributed by atoms with E-state index < -0.39 is 20.3 Å². The van der Waals surface area contributed by atoms with Gasteiger partial charge in [-0.15, -0.1) is 0 Å². The van der Waals surface area contributed by atoms with Crippen molar-refractivity contribution in [1.29, 1.82) is 0 Å². The van der Waals surface area contributed by atoms with Gasteiger partial charge in [-0.25, -0.2) is 0 Å². The minimum Gasteiger partial charge on any atom is -0.480 e. The summed E-state index contributed by atoms with van der Waals surface area (Å²) in [5, 5.41) is 14.7. The van der Waals surface area contributed by atoms with Crippen LogP contribution in [0, 0.1) is 0 Å². The highest BCUT2D eigenvalue weighted by molar-refractivity contribution is 6.99. The van der Waals surface area contributed by atoms with Crippen LogP contribution in [0.3, 0.4) is 0 Å². The molecule has 0 aliphatic carbocycles. The number of hydrogen-bond acceptors (Lipinski definition) is 3. The lowest BCUT2D eigenvalue weighted by molar-refractivity contribution is -0.139. The lowest BCUT2D eigenvalue weighted by Crippen LogP contribution is -2.67. The maximum absolute atomic E-state index is 11.3. The molecule has 1 aliphatic heterocycles. The zero-order chi connectivity index (χ0) is 18.8. The average molecular weight is 370 g/mol. The number of carbonyl (C=O) groups is 1. The predicted octanol–water partition coefficient (Wildman–Crippen LogP) is 2.38. The first-order chi connectivity index (χ1) is 12.3. The van der Waals surface area contributed by atoms with Crippen molar-refractivity contribution in [3.05, 3.63) is 60.7 Å². The quantitative estimate of drug-likeness (QED) is 0.795. The summed E-state index contributed by atoms with van der Waals surface area (Å²) >= 11 is 0. The van der Waals surface area contributed by atoms with Crippen molar-refractivity contribution in [2.45, 2.75) is 44.4 Å². The zero-order valence-corrected chi connectivity index (χ0v) is 16.6. The molecule has 4 nitrogen and oxygen atoms in total. The Kier molecular flexibility index (Phi) is 5.32. The van der Waals surface area contributed by atoms with Gasteiger partial charge in [0.2, 0.25) is 0 Å². The Morgan fingerprint density at radius 1 is 1.04 bits per heavy atom. The fourth-order valence-electron chi connectivity index (χ4n) is 3.92. The van der Waals surface area contributed by atoms with Crippen LogP contribution in [-0.2, 0) is 9.22 Å². The van der Waals surface area contributed by atoms with Crippen LogP contribution in [0.1, 0.15) is 27.2 Å². The molecule has 3 rings (SSSR count). The number of rotatable bonds is 5. The van der Waals surface area contributed by atoms with Gasteiger partial charge < -0.3 is 14.8 Å². The van der Waals surface area contributed by atoms with Crippen LogP contribution in [0.4, 0.5) is 0 Å². The van der Waals surface area contributed by atoms with Crippen molar-refractivity contribution in [1.82, 2.24) is 5.32 Å². The molecule has 0 unspecified atom stereocenters. The normalized spacial score (nSPS) is 20.9. The molecule has 2 atom stereocenters. The van der Waals surface area contributed by atoms with E-state index in [0.29, 0.717) is 13.0 Å². The largest absolute Gasteiger partial charge is 0.480 e. The molecule has 1 heterocycles. The molecule has 1 fully saturated rings. The summed E-state index contributed by atoms with van der Waals surface area (Å²) in [6.07, 6.45) is 0.391. The Bertz CT molecular complexity index is 703. The molecule has 1 aliphatic rings. The minimum atomic E-state index is -2.61. The highest BCUT2D eigenvalue weighted by Gasteiger charge is 2.52. The standard InChI is InChI=1S/C21H27NO3Si/c1-21(2,3)26(17-10-6-4-7-11-17,18-12-8-5-9-13-18)25-16-14-19(20(23)24)22-15-16/h4-13,16,19,22H,14-15H2,1-3H3,(H,23,24)/t16-,19+/m0/s1. The van der Waals surface area contributed by atoms with Gasteiger partial charge in [0.15, 0.2) is 0 Å². The van der Waals surface area contributed by atoms with E-state index in [1.165, 1.54) is 10.4 Å². The second kappa shape index (κ2) is 7.35. The van der Waals surface area contributed by atoms with Gasteiger partial charge in [0.25, 0.3) is 8.32 Å². The Labute approximate surface area is 156 Å². The average Bonchev–Trinajstić information content (AvgIpc) is 3.09. The van der Waals surface area contributed by atoms with E-state index in [1.54, 1.807) is 0 Å². The van der Waals surface area contributed by atoms with E-state index in [1.807, 2.05) is 12.1 Å². The summed E-state index contributed by atoms with van der Waals surface area (Å²) in [4.78, 5) is 11.3. The van der Waals surface area contributed by atoms with Crippen LogP contribution in [0.2, 0.25) is 5.04 Å². The fraction of sp³-hybridized carbons (Fsp3) is 0.381. The smallest absolute Gasteiger partial charge is 0.320 e. The molecule has 26 heavy (non-hydrogen) atoms. The van der Waals surface area contributed by atoms with Gasteiger partial charge >= 0.3 is 5.97 Å². The van der Waals surface area contributed by atoms with E-state index in [0.717, 1.165) is 0 Å². The molecule has 138 valence electrons. The molecule has 0 amide bonds. The first kappa shape index (κ1) is 18.8. The molecule has 0 radical (unpaired) electrons. The topological polar surface area (TPSA) is 58.6 Å². The second-order valence-electron chi connectivity index (χ2n) is 7.94. The molecule has 0 bridgehead atoms. The maximum Gasteiger partial charge on any atom is 0.320 e. The number of hydrogen-bond donors (Lipinski definition) is 2. The molecule has 5 heteroatoms. The minimum absolute atomic E-state index is 0.100. The third-order valence-corrected chi connectivity index (χ3v) is 10.2. The Hall–Kier alpha value is -1.95. The van der Waals surface area contributed by atoms with E-state index in [9.17, 15) is 9.90 Å². The first-order valence-corrected chi connectivity index (χ1v) is 11.0. The number of carboxylic acids is 1. The number of carboxylic acid groups (broad SMARTS) is 1. The molecule has 0 spiro atoms. The number of nitrogens with one attached hydrogen (secondary N) is 1. The summed E-state index contributed by atoms with van der Waals surface area (Å²) in [5.41, 5.74) is 0. The van der Waals surface area contributed by atoms with Crippen molar-refractivity contribution in [3.63, 3.8) is 0 Å². The third-order valence-electron chi connectivity index (χ3n) is 5.15. The van der Waals surface area contributed by atoms with Gasteiger partial charge in [0.05, 0.1) is 6.10 Å². The molecule has 0 saturated carbocycles. The summed E-state index contributed by atoms with van der Waals surface area (Å²) in [6.45, 7) is 7.27. The van der Waals surface area contributed by atoms with Crippen molar-refractivity contribution in [3.8, 4) is 0 Å². The third kappa shape index (κ3) is 3.47. The number of aliphatic carboxylic acids is 1. The Balaban J connectivity index is 2.08. The first-order valence-electron chi connectivity index (χ1n) is 9.09. The van der Waals surface area contributed by atoms with Crippen molar-refractivity contribution < 1.29 is 14.3 Å². The van der Waals surface area contributed by atoms with Gasteiger partial charge in [-0.05, 0) is 21.8 Å². The lowest BCUT2D eigenvalue weighted by Gasteiger charge is -2.44. The van der Waals surface area contributed by atoms with Crippen molar-refractivity contribution in [2.75, 3.05) is 6.54 Å². The Morgan fingerprint density at radius 2 is 1.54 bits per heavy atom. The summed E-state index contributed by atoms with van der Waals surface area (Å²) < 4.78 is 6.93.